The van der Waals surface area contributed by atoms with Crippen LogP contribution in [-0.2, 0) is 14.8 Å². The van der Waals surface area contributed by atoms with Crippen LogP contribution in [0.1, 0.15) is 12.8 Å². The normalized spacial score (nSPS) is 11.6. The van der Waals surface area contributed by atoms with E-state index in [2.05, 4.69) is 5.32 Å². The number of nitrogens with zero attached hydrogens (tertiary/aromatic N) is 1. The van der Waals surface area contributed by atoms with Gasteiger partial charge in [-0.3, -0.25) is 4.79 Å². The van der Waals surface area contributed by atoms with Crippen LogP contribution < -0.4 is 5.32 Å². The van der Waals surface area contributed by atoms with Crippen molar-refractivity contribution < 1.29 is 13.2 Å². The lowest BCUT2D eigenvalue weighted by Gasteiger charge is -2.15. The van der Waals surface area contributed by atoms with E-state index in [0.717, 1.165) is 0 Å². The zero-order valence-electron chi connectivity index (χ0n) is 12.5. The Labute approximate surface area is 144 Å². The zero-order chi connectivity index (χ0) is 16.9. The van der Waals surface area contributed by atoms with Crippen LogP contribution in [0.25, 0.3) is 0 Å². The van der Waals surface area contributed by atoms with Gasteiger partial charge >= 0.3 is 0 Å². The SMILES string of the molecule is CN(CCCC(=O)Nc1ccccc1Cl)S(=O)(=O)c1cccs1. The van der Waals surface area contributed by atoms with Gasteiger partial charge in [-0.25, -0.2) is 12.7 Å². The summed E-state index contributed by atoms with van der Waals surface area (Å²) in [5, 5.41) is 4.90. The number of thiophene rings is 1. The van der Waals surface area contributed by atoms with Crippen molar-refractivity contribution in [1.82, 2.24) is 4.31 Å². The van der Waals surface area contributed by atoms with Crippen LogP contribution in [0.3, 0.4) is 0 Å². The maximum atomic E-state index is 12.2. The number of sulfonamides is 1. The first-order chi connectivity index (χ1) is 10.9. The average Bonchev–Trinajstić information content (AvgIpc) is 3.04. The topological polar surface area (TPSA) is 66.5 Å². The van der Waals surface area contributed by atoms with Crippen LogP contribution in [0, 0.1) is 0 Å². The van der Waals surface area contributed by atoms with Crippen molar-refractivity contribution >= 4 is 44.6 Å². The standard InChI is InChI=1S/C15H17ClN2O3S2/c1-18(23(20,21)15-9-5-11-22-15)10-4-8-14(19)17-13-7-3-2-6-12(13)16/h2-3,5-7,9,11H,4,8,10H2,1H3,(H,17,19). The molecule has 2 rings (SSSR count). The summed E-state index contributed by atoms with van der Waals surface area (Å²) in [4.78, 5) is 11.9. The maximum absolute atomic E-state index is 12.2. The number of rotatable bonds is 7. The molecule has 0 fully saturated rings. The van der Waals surface area contributed by atoms with E-state index >= 15 is 0 Å². The Morgan fingerprint density at radius 2 is 2.00 bits per heavy atom. The Balaban J connectivity index is 1.83. The minimum Gasteiger partial charge on any atom is -0.325 e. The minimum atomic E-state index is -3.46. The fourth-order valence-corrected chi connectivity index (χ4v) is 4.51. The van der Waals surface area contributed by atoms with Crippen molar-refractivity contribution in [3.05, 3.63) is 46.8 Å². The molecule has 1 aromatic carbocycles. The monoisotopic (exact) mass is 372 g/mol. The van der Waals surface area contributed by atoms with Crippen molar-refractivity contribution in [2.24, 2.45) is 0 Å². The molecule has 0 atom stereocenters. The Hall–Kier alpha value is -1.41. The van der Waals surface area contributed by atoms with Gasteiger partial charge in [-0.2, -0.15) is 0 Å². The van der Waals surface area contributed by atoms with E-state index in [9.17, 15) is 13.2 Å². The number of amides is 1. The van der Waals surface area contributed by atoms with E-state index < -0.39 is 10.0 Å². The van der Waals surface area contributed by atoms with Gasteiger partial charge in [0.2, 0.25) is 5.91 Å². The predicted octanol–water partition coefficient (Wildman–Crippen LogP) is 3.44. The molecule has 5 nitrogen and oxygen atoms in total. The molecule has 0 aliphatic heterocycles. The van der Waals surface area contributed by atoms with Crippen LogP contribution in [0.15, 0.2) is 46.0 Å². The number of hydrogen-bond acceptors (Lipinski definition) is 4. The molecule has 2 aromatic rings. The van der Waals surface area contributed by atoms with Gasteiger partial charge in [0.25, 0.3) is 10.0 Å². The van der Waals surface area contributed by atoms with Crippen molar-refractivity contribution in [1.29, 1.82) is 0 Å². The number of anilines is 1. The molecule has 1 N–H and O–H groups in total. The molecule has 0 spiro atoms. The Bertz CT molecular complexity index is 761. The third-order valence-electron chi connectivity index (χ3n) is 3.18. The highest BCUT2D eigenvalue weighted by Gasteiger charge is 2.21. The lowest BCUT2D eigenvalue weighted by Crippen LogP contribution is -2.28. The Morgan fingerprint density at radius 1 is 1.26 bits per heavy atom. The molecule has 0 aliphatic rings. The molecule has 124 valence electrons. The lowest BCUT2D eigenvalue weighted by atomic mass is 10.2. The molecule has 1 aromatic heterocycles. The zero-order valence-corrected chi connectivity index (χ0v) is 14.9. The van der Waals surface area contributed by atoms with E-state index in [1.54, 1.807) is 41.8 Å². The summed E-state index contributed by atoms with van der Waals surface area (Å²) >= 11 is 7.15. The second kappa shape index (κ2) is 7.92. The molecule has 0 radical (unpaired) electrons. The van der Waals surface area contributed by atoms with Gasteiger partial charge < -0.3 is 5.32 Å². The summed E-state index contributed by atoms with van der Waals surface area (Å²) in [5.74, 6) is -0.194. The minimum absolute atomic E-state index is 0.194. The second-order valence-electron chi connectivity index (χ2n) is 4.89. The molecular formula is C15H17ClN2O3S2. The summed E-state index contributed by atoms with van der Waals surface area (Å²) < 4.78 is 26.0. The summed E-state index contributed by atoms with van der Waals surface area (Å²) in [7, 11) is -1.95. The number of carbonyl (C=O) groups excluding carboxylic acids is 1. The summed E-state index contributed by atoms with van der Waals surface area (Å²) in [6.45, 7) is 0.274. The van der Waals surface area contributed by atoms with Gasteiger partial charge in [0.05, 0.1) is 10.7 Å². The smallest absolute Gasteiger partial charge is 0.252 e. The highest BCUT2D eigenvalue weighted by atomic mass is 35.5. The van der Waals surface area contributed by atoms with Crippen LogP contribution >= 0.6 is 22.9 Å². The molecule has 1 amide bonds. The van der Waals surface area contributed by atoms with Crippen LogP contribution in [-0.4, -0.2) is 32.2 Å². The van der Waals surface area contributed by atoms with Crippen molar-refractivity contribution in [2.75, 3.05) is 18.9 Å². The lowest BCUT2D eigenvalue weighted by molar-refractivity contribution is -0.116. The predicted molar refractivity (Wildman–Crippen MR) is 93.5 cm³/mol. The Morgan fingerprint density at radius 3 is 2.65 bits per heavy atom. The molecular weight excluding hydrogens is 356 g/mol. The number of carbonyl (C=O) groups is 1. The molecule has 1 heterocycles. The molecule has 8 heteroatoms. The van der Waals surface area contributed by atoms with E-state index in [-0.39, 0.29) is 18.9 Å². The highest BCUT2D eigenvalue weighted by molar-refractivity contribution is 7.91. The van der Waals surface area contributed by atoms with Crippen LogP contribution in [0.2, 0.25) is 5.02 Å². The van der Waals surface area contributed by atoms with E-state index in [1.165, 1.54) is 22.7 Å². The molecule has 0 aliphatic carbocycles. The Kier molecular flexibility index (Phi) is 6.17. The first kappa shape index (κ1) is 17.9. The quantitative estimate of drug-likeness (QED) is 0.809. The number of benzene rings is 1. The highest BCUT2D eigenvalue weighted by Crippen LogP contribution is 2.21. The van der Waals surface area contributed by atoms with Crippen molar-refractivity contribution in [2.45, 2.75) is 17.1 Å². The van der Waals surface area contributed by atoms with Gasteiger partial charge in [0.1, 0.15) is 4.21 Å². The number of halogens is 1. The van der Waals surface area contributed by atoms with Gasteiger partial charge in [-0.1, -0.05) is 29.8 Å². The van der Waals surface area contributed by atoms with Gasteiger partial charge in [-0.05, 0) is 30.0 Å². The molecule has 0 unspecified atom stereocenters. The van der Waals surface area contributed by atoms with Gasteiger partial charge in [-0.15, -0.1) is 11.3 Å². The molecule has 0 saturated carbocycles. The van der Waals surface area contributed by atoms with Crippen LogP contribution in [0.5, 0.6) is 0 Å². The third kappa shape index (κ3) is 4.78. The largest absolute Gasteiger partial charge is 0.325 e. The van der Waals surface area contributed by atoms with E-state index in [0.29, 0.717) is 21.3 Å². The second-order valence-corrected chi connectivity index (χ2v) is 8.52. The van der Waals surface area contributed by atoms with Crippen LogP contribution in [0.4, 0.5) is 5.69 Å². The first-order valence-electron chi connectivity index (χ1n) is 6.95. The van der Waals surface area contributed by atoms with Crippen molar-refractivity contribution in [3.63, 3.8) is 0 Å². The summed E-state index contributed by atoms with van der Waals surface area (Å²) in [5.41, 5.74) is 0.554. The fraction of sp³-hybridized carbons (Fsp3) is 0.267. The summed E-state index contributed by atoms with van der Waals surface area (Å²) in [6.07, 6.45) is 0.646. The third-order valence-corrected chi connectivity index (χ3v) is 6.74. The number of hydrogen-bond donors (Lipinski definition) is 1. The summed E-state index contributed by atoms with van der Waals surface area (Å²) in [6, 6.07) is 10.2. The van der Waals surface area contributed by atoms with Crippen molar-refractivity contribution in [3.8, 4) is 0 Å². The first-order valence-corrected chi connectivity index (χ1v) is 9.65. The number of para-hydroxylation sites is 1. The fourth-order valence-electron chi connectivity index (χ4n) is 1.92. The maximum Gasteiger partial charge on any atom is 0.252 e. The van der Waals surface area contributed by atoms with E-state index in [4.69, 9.17) is 11.6 Å². The van der Waals surface area contributed by atoms with Gasteiger partial charge in [0.15, 0.2) is 0 Å². The molecule has 0 bridgehead atoms. The molecule has 0 saturated heterocycles. The van der Waals surface area contributed by atoms with Gasteiger partial charge in [0, 0.05) is 20.0 Å². The average molecular weight is 373 g/mol. The number of nitrogens with one attached hydrogen (secondary N) is 1. The molecule has 23 heavy (non-hydrogen) atoms. The van der Waals surface area contributed by atoms with E-state index in [1.807, 2.05) is 0 Å².